The van der Waals surface area contributed by atoms with Gasteiger partial charge in [-0.3, -0.25) is 0 Å². The second-order valence-corrected chi connectivity index (χ2v) is 2.79. The number of fused-ring (bicyclic) bond motifs is 1. The third-order valence-corrected chi connectivity index (χ3v) is 2.14. The zero-order chi connectivity index (χ0) is 6.10. The quantitative estimate of drug-likeness (QED) is 0.498. The standard InChI is InChI=1S/C7H12N2/c1-2-4-7-6(3-1)5-8-9-7/h4,6,8-9H,1-3,5H2. The van der Waals surface area contributed by atoms with Crippen LogP contribution in [0.1, 0.15) is 19.3 Å². The van der Waals surface area contributed by atoms with E-state index in [4.69, 9.17) is 0 Å². The van der Waals surface area contributed by atoms with Gasteiger partial charge < -0.3 is 5.43 Å². The van der Waals surface area contributed by atoms with E-state index in [1.165, 1.54) is 25.0 Å². The molecule has 9 heavy (non-hydrogen) atoms. The fraction of sp³-hybridized carbons (Fsp3) is 0.714. The summed E-state index contributed by atoms with van der Waals surface area (Å²) in [7, 11) is 0. The topological polar surface area (TPSA) is 24.1 Å². The Bertz CT molecular complexity index is 140. The maximum atomic E-state index is 3.17. The maximum Gasteiger partial charge on any atom is 0.0266 e. The second kappa shape index (κ2) is 2.03. The lowest BCUT2D eigenvalue weighted by molar-refractivity contribution is 0.546. The number of hydrazine groups is 1. The largest absolute Gasteiger partial charge is 0.326 e. The zero-order valence-corrected chi connectivity index (χ0v) is 5.48. The van der Waals surface area contributed by atoms with Crippen LogP contribution in [0.3, 0.4) is 0 Å². The monoisotopic (exact) mass is 124 g/mol. The minimum Gasteiger partial charge on any atom is -0.326 e. The van der Waals surface area contributed by atoms with E-state index in [1.807, 2.05) is 0 Å². The molecule has 0 aromatic heterocycles. The number of allylic oxidation sites excluding steroid dienone is 1. The lowest BCUT2D eigenvalue weighted by Crippen LogP contribution is -2.20. The van der Waals surface area contributed by atoms with Crippen LogP contribution < -0.4 is 10.9 Å². The second-order valence-electron chi connectivity index (χ2n) is 2.79. The van der Waals surface area contributed by atoms with Crippen molar-refractivity contribution in [1.82, 2.24) is 10.9 Å². The summed E-state index contributed by atoms with van der Waals surface area (Å²) in [5.74, 6) is 0.804. The van der Waals surface area contributed by atoms with E-state index in [2.05, 4.69) is 16.9 Å². The lowest BCUT2D eigenvalue weighted by atomic mass is 9.94. The molecule has 0 spiro atoms. The van der Waals surface area contributed by atoms with Gasteiger partial charge in [0.1, 0.15) is 0 Å². The van der Waals surface area contributed by atoms with E-state index in [-0.39, 0.29) is 0 Å². The molecule has 1 aliphatic heterocycles. The van der Waals surface area contributed by atoms with Gasteiger partial charge in [-0.25, -0.2) is 5.43 Å². The van der Waals surface area contributed by atoms with Crippen molar-refractivity contribution in [2.45, 2.75) is 19.3 Å². The molecule has 0 aromatic rings. The van der Waals surface area contributed by atoms with Gasteiger partial charge in [0.05, 0.1) is 0 Å². The van der Waals surface area contributed by atoms with Gasteiger partial charge in [-0.2, -0.15) is 0 Å². The maximum absolute atomic E-state index is 3.17. The molecule has 2 heteroatoms. The molecule has 0 bridgehead atoms. The molecule has 2 rings (SSSR count). The third-order valence-electron chi connectivity index (χ3n) is 2.14. The number of nitrogens with one attached hydrogen (secondary N) is 2. The molecule has 0 aromatic carbocycles. The van der Waals surface area contributed by atoms with Crippen molar-refractivity contribution in [2.75, 3.05) is 6.54 Å². The first-order valence-electron chi connectivity index (χ1n) is 3.66. The van der Waals surface area contributed by atoms with E-state index in [1.54, 1.807) is 0 Å². The van der Waals surface area contributed by atoms with Gasteiger partial charge in [-0.1, -0.05) is 6.08 Å². The molecular weight excluding hydrogens is 112 g/mol. The zero-order valence-electron chi connectivity index (χ0n) is 5.48. The third kappa shape index (κ3) is 0.833. The van der Waals surface area contributed by atoms with E-state index >= 15 is 0 Å². The molecule has 2 nitrogen and oxygen atoms in total. The van der Waals surface area contributed by atoms with E-state index in [0.29, 0.717) is 0 Å². The Morgan fingerprint density at radius 1 is 1.56 bits per heavy atom. The van der Waals surface area contributed by atoms with Crippen LogP contribution >= 0.6 is 0 Å². The van der Waals surface area contributed by atoms with Crippen LogP contribution in [-0.2, 0) is 0 Å². The van der Waals surface area contributed by atoms with Gasteiger partial charge in [0, 0.05) is 18.2 Å². The van der Waals surface area contributed by atoms with Crippen molar-refractivity contribution in [3.63, 3.8) is 0 Å². The molecular formula is C7H12N2. The van der Waals surface area contributed by atoms with Crippen molar-refractivity contribution < 1.29 is 0 Å². The van der Waals surface area contributed by atoms with Crippen molar-refractivity contribution in [1.29, 1.82) is 0 Å². The van der Waals surface area contributed by atoms with Gasteiger partial charge in [0.15, 0.2) is 0 Å². The molecule has 1 heterocycles. The lowest BCUT2D eigenvalue weighted by Gasteiger charge is -2.13. The smallest absolute Gasteiger partial charge is 0.0266 e. The van der Waals surface area contributed by atoms with Gasteiger partial charge >= 0.3 is 0 Å². The first kappa shape index (κ1) is 5.30. The Hall–Kier alpha value is -0.500. The summed E-state index contributed by atoms with van der Waals surface area (Å²) < 4.78 is 0. The average Bonchev–Trinajstić information content (AvgIpc) is 2.33. The first-order valence-corrected chi connectivity index (χ1v) is 3.66. The molecule has 2 N–H and O–H groups in total. The van der Waals surface area contributed by atoms with Crippen LogP contribution in [0.25, 0.3) is 0 Å². The highest BCUT2D eigenvalue weighted by Gasteiger charge is 2.21. The van der Waals surface area contributed by atoms with Gasteiger partial charge in [-0.15, -0.1) is 0 Å². The molecule has 50 valence electrons. The number of hydrogen-bond acceptors (Lipinski definition) is 2. The molecule has 0 amide bonds. The summed E-state index contributed by atoms with van der Waals surface area (Å²) in [5, 5.41) is 0. The van der Waals surface area contributed by atoms with Crippen LogP contribution in [-0.4, -0.2) is 6.54 Å². The van der Waals surface area contributed by atoms with Crippen molar-refractivity contribution >= 4 is 0 Å². The average molecular weight is 124 g/mol. The summed E-state index contributed by atoms with van der Waals surface area (Å²) in [4.78, 5) is 0. The minimum absolute atomic E-state index is 0.804. The molecule has 2 aliphatic rings. The van der Waals surface area contributed by atoms with Crippen LogP contribution in [0.15, 0.2) is 11.8 Å². The van der Waals surface area contributed by atoms with Crippen molar-refractivity contribution in [3.05, 3.63) is 11.8 Å². The van der Waals surface area contributed by atoms with Crippen LogP contribution in [0.5, 0.6) is 0 Å². The Balaban J connectivity index is 2.16. The van der Waals surface area contributed by atoms with Crippen molar-refractivity contribution in [2.24, 2.45) is 5.92 Å². The SMILES string of the molecule is C1=C2NNCC2CCC1. The number of rotatable bonds is 0. The Morgan fingerprint density at radius 3 is 3.44 bits per heavy atom. The van der Waals surface area contributed by atoms with Crippen LogP contribution in [0.2, 0.25) is 0 Å². The summed E-state index contributed by atoms with van der Waals surface area (Å²) in [6.07, 6.45) is 6.32. The molecule has 1 fully saturated rings. The van der Waals surface area contributed by atoms with Crippen LogP contribution in [0.4, 0.5) is 0 Å². The molecule has 0 radical (unpaired) electrons. The molecule has 1 aliphatic carbocycles. The van der Waals surface area contributed by atoms with E-state index in [9.17, 15) is 0 Å². The molecule has 1 saturated heterocycles. The van der Waals surface area contributed by atoms with Crippen LogP contribution in [0, 0.1) is 5.92 Å². The summed E-state index contributed by atoms with van der Waals surface area (Å²) in [6.45, 7) is 1.13. The van der Waals surface area contributed by atoms with Crippen molar-refractivity contribution in [3.8, 4) is 0 Å². The minimum atomic E-state index is 0.804. The Morgan fingerprint density at radius 2 is 2.56 bits per heavy atom. The van der Waals surface area contributed by atoms with E-state index < -0.39 is 0 Å². The molecule has 1 atom stereocenters. The first-order chi connectivity index (χ1) is 4.47. The van der Waals surface area contributed by atoms with Gasteiger partial charge in [-0.05, 0) is 19.3 Å². The number of hydrogen-bond donors (Lipinski definition) is 2. The summed E-state index contributed by atoms with van der Waals surface area (Å²) in [5.41, 5.74) is 7.75. The normalized spacial score (nSPS) is 32.9. The summed E-state index contributed by atoms with van der Waals surface area (Å²) in [6, 6.07) is 0. The fourth-order valence-corrected chi connectivity index (χ4v) is 1.59. The fourth-order valence-electron chi connectivity index (χ4n) is 1.59. The van der Waals surface area contributed by atoms with Gasteiger partial charge in [0.2, 0.25) is 0 Å². The van der Waals surface area contributed by atoms with E-state index in [0.717, 1.165) is 12.5 Å². The predicted molar refractivity (Wildman–Crippen MR) is 36.6 cm³/mol. The highest BCUT2D eigenvalue weighted by Crippen LogP contribution is 2.24. The highest BCUT2D eigenvalue weighted by atomic mass is 15.4. The molecule has 0 saturated carbocycles. The highest BCUT2D eigenvalue weighted by molar-refractivity contribution is 5.10. The summed E-state index contributed by atoms with van der Waals surface area (Å²) >= 11 is 0. The predicted octanol–water partition coefficient (Wildman–Crippen LogP) is 0.778. The Kier molecular flexibility index (Phi) is 1.19. The van der Waals surface area contributed by atoms with Gasteiger partial charge in [0.25, 0.3) is 0 Å². The Labute approximate surface area is 55.3 Å². The molecule has 1 unspecified atom stereocenters.